The lowest BCUT2D eigenvalue weighted by molar-refractivity contribution is -0.187. The molecule has 148 valence electrons. The van der Waals surface area contributed by atoms with Gasteiger partial charge in [0.2, 0.25) is 6.10 Å². The van der Waals surface area contributed by atoms with E-state index in [9.17, 15) is 18.0 Å². The average Bonchev–Trinajstić information content (AvgIpc) is 3.37. The predicted octanol–water partition coefficient (Wildman–Crippen LogP) is 5.89. The maximum Gasteiger partial charge on any atom is 0.430 e. The SMILES string of the molecule is CCCC(Cc1cc2c(cc1Cl)C=C(C(=O)O)C(C(F)(F)F)O2)CC1CC1. The van der Waals surface area contributed by atoms with Gasteiger partial charge in [-0.3, -0.25) is 0 Å². The fourth-order valence-corrected chi connectivity index (χ4v) is 3.93. The van der Waals surface area contributed by atoms with Crippen molar-refractivity contribution in [1.29, 1.82) is 0 Å². The van der Waals surface area contributed by atoms with Crippen molar-refractivity contribution >= 4 is 23.6 Å². The molecule has 1 aliphatic heterocycles. The van der Waals surface area contributed by atoms with Crippen molar-refractivity contribution in [2.75, 3.05) is 0 Å². The molecular weight excluding hydrogens is 381 g/mol. The van der Waals surface area contributed by atoms with Crippen LogP contribution in [0.3, 0.4) is 0 Å². The third-order valence-corrected chi connectivity index (χ3v) is 5.48. The highest BCUT2D eigenvalue weighted by Gasteiger charge is 2.48. The van der Waals surface area contributed by atoms with Crippen LogP contribution in [0.2, 0.25) is 5.02 Å². The quantitative estimate of drug-likeness (QED) is 0.618. The van der Waals surface area contributed by atoms with Gasteiger partial charge in [-0.2, -0.15) is 13.2 Å². The van der Waals surface area contributed by atoms with Crippen LogP contribution >= 0.6 is 11.6 Å². The fraction of sp³-hybridized carbons (Fsp3) is 0.550. The van der Waals surface area contributed by atoms with Gasteiger partial charge in [0.25, 0.3) is 0 Å². The minimum Gasteiger partial charge on any atom is -0.478 e. The summed E-state index contributed by atoms with van der Waals surface area (Å²) in [4.78, 5) is 11.2. The highest BCUT2D eigenvalue weighted by Crippen LogP contribution is 2.42. The van der Waals surface area contributed by atoms with Gasteiger partial charge < -0.3 is 9.84 Å². The number of ether oxygens (including phenoxy) is 1. The normalized spacial score (nSPS) is 20.5. The molecule has 1 aromatic rings. The molecule has 0 saturated heterocycles. The van der Waals surface area contributed by atoms with Gasteiger partial charge in [0, 0.05) is 10.6 Å². The van der Waals surface area contributed by atoms with Crippen LogP contribution in [0.15, 0.2) is 17.7 Å². The Morgan fingerprint density at radius 2 is 2.07 bits per heavy atom. The second kappa shape index (κ2) is 7.74. The molecule has 2 unspecified atom stereocenters. The van der Waals surface area contributed by atoms with Crippen LogP contribution in [0.4, 0.5) is 13.2 Å². The molecule has 1 saturated carbocycles. The largest absolute Gasteiger partial charge is 0.478 e. The van der Waals surface area contributed by atoms with E-state index in [4.69, 9.17) is 21.4 Å². The Kier molecular flexibility index (Phi) is 5.75. The van der Waals surface area contributed by atoms with Crippen LogP contribution < -0.4 is 4.74 Å². The smallest absolute Gasteiger partial charge is 0.430 e. The first kappa shape index (κ1) is 20.1. The summed E-state index contributed by atoms with van der Waals surface area (Å²) < 4.78 is 44.8. The van der Waals surface area contributed by atoms with E-state index in [0.29, 0.717) is 17.4 Å². The monoisotopic (exact) mass is 402 g/mol. The molecule has 0 aromatic heterocycles. The first-order chi connectivity index (χ1) is 12.7. The number of alkyl halides is 3. The lowest BCUT2D eigenvalue weighted by atomic mass is 9.89. The van der Waals surface area contributed by atoms with Crippen LogP contribution in [-0.4, -0.2) is 23.4 Å². The maximum atomic E-state index is 13.2. The minimum atomic E-state index is -4.81. The molecule has 0 bridgehead atoms. The molecule has 0 spiro atoms. The maximum absolute atomic E-state index is 13.2. The van der Waals surface area contributed by atoms with Gasteiger partial charge in [-0.05, 0) is 48.4 Å². The Bertz CT molecular complexity index is 754. The van der Waals surface area contributed by atoms with Crippen LogP contribution in [0.5, 0.6) is 5.75 Å². The zero-order valence-electron chi connectivity index (χ0n) is 15.0. The van der Waals surface area contributed by atoms with Crippen molar-refractivity contribution in [3.63, 3.8) is 0 Å². The molecule has 0 radical (unpaired) electrons. The summed E-state index contributed by atoms with van der Waals surface area (Å²) in [6.07, 6.45) is 0.0864. The van der Waals surface area contributed by atoms with Gasteiger partial charge in [0.15, 0.2) is 0 Å². The van der Waals surface area contributed by atoms with Crippen molar-refractivity contribution < 1.29 is 27.8 Å². The summed E-state index contributed by atoms with van der Waals surface area (Å²) >= 11 is 6.36. The van der Waals surface area contributed by atoms with Gasteiger partial charge in [-0.25, -0.2) is 4.79 Å². The third-order valence-electron chi connectivity index (χ3n) is 5.13. The number of benzene rings is 1. The summed E-state index contributed by atoms with van der Waals surface area (Å²) in [5.74, 6) is -0.436. The van der Waals surface area contributed by atoms with E-state index in [-0.39, 0.29) is 11.3 Å². The summed E-state index contributed by atoms with van der Waals surface area (Å²) in [5.41, 5.74) is 0.176. The topological polar surface area (TPSA) is 46.5 Å². The summed E-state index contributed by atoms with van der Waals surface area (Å²) in [5, 5.41) is 9.54. The molecule has 1 N–H and O–H groups in total. The third kappa shape index (κ3) is 4.78. The molecule has 1 heterocycles. The number of hydrogen-bond acceptors (Lipinski definition) is 2. The first-order valence-corrected chi connectivity index (χ1v) is 9.57. The molecule has 0 amide bonds. The summed E-state index contributed by atoms with van der Waals surface area (Å²) in [6, 6.07) is 3.04. The van der Waals surface area contributed by atoms with E-state index in [0.717, 1.165) is 36.8 Å². The van der Waals surface area contributed by atoms with E-state index in [1.54, 1.807) is 6.07 Å². The summed E-state index contributed by atoms with van der Waals surface area (Å²) in [6.45, 7) is 2.11. The highest BCUT2D eigenvalue weighted by atomic mass is 35.5. The predicted molar refractivity (Wildman–Crippen MR) is 97.0 cm³/mol. The number of halogens is 4. The van der Waals surface area contributed by atoms with Crippen LogP contribution in [0.25, 0.3) is 6.08 Å². The Hall–Kier alpha value is -1.69. The molecular formula is C20H22ClF3O3. The molecule has 3 rings (SSSR count). The average molecular weight is 403 g/mol. The van der Waals surface area contributed by atoms with E-state index in [2.05, 4.69) is 6.92 Å². The zero-order chi connectivity index (χ0) is 19.8. The van der Waals surface area contributed by atoms with Gasteiger partial charge >= 0.3 is 12.1 Å². The Morgan fingerprint density at radius 1 is 1.37 bits per heavy atom. The van der Waals surface area contributed by atoms with Gasteiger partial charge in [-0.1, -0.05) is 44.2 Å². The van der Waals surface area contributed by atoms with Crippen LogP contribution in [-0.2, 0) is 11.2 Å². The number of carboxylic acids is 1. The minimum absolute atomic E-state index is 0.0309. The lowest BCUT2D eigenvalue weighted by Crippen LogP contribution is -2.40. The number of rotatable bonds is 7. The van der Waals surface area contributed by atoms with Gasteiger partial charge in [0.05, 0.1) is 5.57 Å². The standard InChI is InChI=1S/C20H22ClF3O3/c1-2-3-12(6-11-4-5-11)7-13-10-17-14(9-16(13)21)8-15(19(25)26)18(27-17)20(22,23)24/h8-12,18H,2-7H2,1H3,(H,25,26). The summed E-state index contributed by atoms with van der Waals surface area (Å²) in [7, 11) is 0. The number of fused-ring (bicyclic) bond motifs is 1. The second-order valence-corrected chi connectivity index (χ2v) is 7.87. The Morgan fingerprint density at radius 3 is 2.63 bits per heavy atom. The molecule has 1 fully saturated rings. The van der Waals surface area contributed by atoms with Gasteiger partial charge in [0.1, 0.15) is 5.75 Å². The van der Waals surface area contributed by atoms with E-state index in [1.165, 1.54) is 18.9 Å². The number of aliphatic carboxylic acids is 1. The van der Waals surface area contributed by atoms with E-state index >= 15 is 0 Å². The zero-order valence-corrected chi connectivity index (χ0v) is 15.7. The van der Waals surface area contributed by atoms with Crippen LogP contribution in [0, 0.1) is 11.8 Å². The second-order valence-electron chi connectivity index (χ2n) is 7.46. The van der Waals surface area contributed by atoms with Crippen molar-refractivity contribution in [1.82, 2.24) is 0 Å². The fourth-order valence-electron chi connectivity index (χ4n) is 3.68. The van der Waals surface area contributed by atoms with Crippen molar-refractivity contribution in [2.45, 2.75) is 57.7 Å². The molecule has 7 heteroatoms. The number of hydrogen-bond donors (Lipinski definition) is 1. The van der Waals surface area contributed by atoms with Crippen molar-refractivity contribution in [2.24, 2.45) is 11.8 Å². The van der Waals surface area contributed by atoms with Crippen molar-refractivity contribution in [3.8, 4) is 5.75 Å². The first-order valence-electron chi connectivity index (χ1n) is 9.19. The number of carboxylic acid groups (broad SMARTS) is 1. The lowest BCUT2D eigenvalue weighted by Gasteiger charge is -2.28. The molecule has 1 aliphatic carbocycles. The van der Waals surface area contributed by atoms with Gasteiger partial charge in [-0.15, -0.1) is 0 Å². The van der Waals surface area contributed by atoms with E-state index in [1.807, 2.05) is 0 Å². The van der Waals surface area contributed by atoms with Crippen molar-refractivity contribution in [3.05, 3.63) is 33.9 Å². The Labute approximate surface area is 161 Å². The highest BCUT2D eigenvalue weighted by molar-refractivity contribution is 6.31. The van der Waals surface area contributed by atoms with Crippen LogP contribution in [0.1, 0.15) is 50.2 Å². The number of carbonyl (C=O) groups is 1. The Balaban J connectivity index is 1.89. The molecule has 2 atom stereocenters. The molecule has 2 aliphatic rings. The van der Waals surface area contributed by atoms with E-state index < -0.39 is 23.8 Å². The molecule has 3 nitrogen and oxygen atoms in total. The molecule has 27 heavy (non-hydrogen) atoms. The molecule has 1 aromatic carbocycles.